The van der Waals surface area contributed by atoms with Crippen LogP contribution in [-0.4, -0.2) is 69.6 Å². The van der Waals surface area contributed by atoms with E-state index < -0.39 is 76.2 Å². The van der Waals surface area contributed by atoms with Gasteiger partial charge in [-0.3, -0.25) is 9.59 Å². The number of rotatable bonds is 24. The van der Waals surface area contributed by atoms with Crippen molar-refractivity contribution in [3.63, 3.8) is 0 Å². The Morgan fingerprint density at radius 1 is 0.470 bits per heavy atom. The number of anilines is 4. The molecule has 5 rings (SSSR count). The van der Waals surface area contributed by atoms with Crippen LogP contribution in [0.15, 0.2) is 84.9 Å². The van der Waals surface area contributed by atoms with Crippen molar-refractivity contribution in [3.05, 3.63) is 119 Å². The van der Waals surface area contributed by atoms with Gasteiger partial charge in [-0.25, -0.2) is 0 Å². The second-order valence-corrected chi connectivity index (χ2v) is 17.5. The van der Waals surface area contributed by atoms with Gasteiger partial charge in [0.1, 0.15) is 23.0 Å². The highest BCUT2D eigenvalue weighted by atomic mass is 28.4. The third kappa shape index (κ3) is 12.5. The smallest absolute Gasteiger partial charge is 0.478 e. The van der Waals surface area contributed by atoms with Gasteiger partial charge in [0.25, 0.3) is 11.8 Å². The number of nitrogens with two attached hydrogens (primary N) is 2. The predicted octanol–water partition coefficient (Wildman–Crippen LogP) is 9.34. The minimum atomic E-state index is -4.03. The number of halogens is 4. The molecule has 5 aromatic rings. The van der Waals surface area contributed by atoms with Crippen LogP contribution >= 0.6 is 0 Å². The van der Waals surface area contributed by atoms with Crippen molar-refractivity contribution in [3.8, 4) is 34.5 Å². The lowest BCUT2D eigenvalue weighted by molar-refractivity contribution is 0.00883. The van der Waals surface area contributed by atoms with E-state index in [0.717, 1.165) is 24.3 Å². The lowest BCUT2D eigenvalue weighted by atomic mass is 10.2. The molecule has 0 aliphatic carbocycles. The molecule has 0 unspecified atom stereocenters. The van der Waals surface area contributed by atoms with E-state index in [4.69, 9.17) is 56.3 Å². The maximum Gasteiger partial charge on any atom is 0.749 e. The van der Waals surface area contributed by atoms with Gasteiger partial charge in [-0.15, -0.1) is 0 Å². The van der Waals surface area contributed by atoms with Gasteiger partial charge in [0.05, 0.1) is 11.4 Å². The quantitative estimate of drug-likeness (QED) is 0.0197. The molecule has 66 heavy (non-hydrogen) atoms. The molecule has 16 nitrogen and oxygen atoms in total. The number of nitrogens with one attached hydrogen (secondary N) is 2. The first-order valence-electron chi connectivity index (χ1n) is 20.7. The van der Waals surface area contributed by atoms with Crippen LogP contribution in [0, 0.1) is 23.3 Å². The van der Waals surface area contributed by atoms with E-state index in [2.05, 4.69) is 10.6 Å². The number of nitrogen functional groups attached to an aromatic ring is 2. The molecule has 0 spiro atoms. The number of carbonyl (C=O) groups is 2. The van der Waals surface area contributed by atoms with Gasteiger partial charge < -0.3 is 67.0 Å². The molecule has 0 radical (unpaired) electrons. The summed E-state index contributed by atoms with van der Waals surface area (Å²) in [4.78, 5) is 26.5. The van der Waals surface area contributed by atoms with E-state index in [0.29, 0.717) is 11.4 Å². The van der Waals surface area contributed by atoms with Crippen LogP contribution in [0.2, 0.25) is 0 Å². The molecule has 0 bridgehead atoms. The zero-order chi connectivity index (χ0) is 48.0. The Morgan fingerprint density at radius 2 is 0.758 bits per heavy atom. The van der Waals surface area contributed by atoms with E-state index in [1.54, 1.807) is 41.5 Å². The van der Waals surface area contributed by atoms with Crippen molar-refractivity contribution in [1.82, 2.24) is 0 Å². The number of benzene rings is 5. The Labute approximate surface area is 380 Å². The van der Waals surface area contributed by atoms with Crippen molar-refractivity contribution in [2.75, 3.05) is 61.7 Å². The zero-order valence-electron chi connectivity index (χ0n) is 36.9. The number of amides is 2. The van der Waals surface area contributed by atoms with Gasteiger partial charge in [0.15, 0.2) is 0 Å². The Hall–Kier alpha value is -6.25. The van der Waals surface area contributed by atoms with Crippen molar-refractivity contribution in [2.45, 2.75) is 41.5 Å². The summed E-state index contributed by atoms with van der Waals surface area (Å²) in [6, 6.07) is 19.0. The topological polar surface area (TPSA) is 203 Å². The van der Waals surface area contributed by atoms with Crippen LogP contribution in [-0.2, 0) is 26.6 Å². The van der Waals surface area contributed by atoms with Gasteiger partial charge >= 0.3 is 18.1 Å². The average molecular weight is 959 g/mol. The summed E-state index contributed by atoms with van der Waals surface area (Å²) in [5, 5.41) is 5.35. The largest absolute Gasteiger partial charge is 0.749 e. The van der Waals surface area contributed by atoms with Crippen molar-refractivity contribution in [1.29, 1.82) is 0 Å². The molecule has 354 valence electrons. The highest BCUT2D eigenvalue weighted by molar-refractivity contribution is 6.55. The van der Waals surface area contributed by atoms with Gasteiger partial charge in [0.2, 0.25) is 34.8 Å². The molecule has 0 aliphatic heterocycles. The fraction of sp³-hybridized carbons (Fsp3) is 0.273. The summed E-state index contributed by atoms with van der Waals surface area (Å²) in [5.41, 5.74) is 12.8. The molecule has 0 saturated heterocycles. The molecule has 0 saturated carbocycles. The lowest BCUT2D eigenvalue weighted by Crippen LogP contribution is -2.52. The summed E-state index contributed by atoms with van der Waals surface area (Å²) in [6.45, 7) is 10.5. The summed E-state index contributed by atoms with van der Waals surface area (Å²) in [6.07, 6.45) is 0. The van der Waals surface area contributed by atoms with E-state index >= 15 is 17.6 Å². The second-order valence-electron chi connectivity index (χ2n) is 13.4. The van der Waals surface area contributed by atoms with E-state index in [9.17, 15) is 9.59 Å². The maximum absolute atomic E-state index is 15.9. The third-order valence-corrected chi connectivity index (χ3v) is 13.6. The van der Waals surface area contributed by atoms with Gasteiger partial charge in [-0.05, 0) is 114 Å². The van der Waals surface area contributed by atoms with Crippen LogP contribution in [0.4, 0.5) is 40.3 Å². The number of carbonyl (C=O) groups excluding carboxylic acids is 2. The maximum atomic E-state index is 15.9. The lowest BCUT2D eigenvalue weighted by Gasteiger charge is -2.28. The van der Waals surface area contributed by atoms with Gasteiger partial charge in [0, 0.05) is 74.3 Å². The molecule has 6 N–H and O–H groups in total. The molecular formula is C44H50F4N4O12Si2. The normalized spacial score (nSPS) is 11.5. The highest BCUT2D eigenvalue weighted by Gasteiger charge is 2.49. The van der Waals surface area contributed by atoms with Crippen molar-refractivity contribution < 1.29 is 72.0 Å². The Balaban J connectivity index is 1.52. The molecular weight excluding hydrogens is 909 g/mol. The molecule has 2 amide bonds. The average Bonchev–Trinajstić information content (AvgIpc) is 3.28. The highest BCUT2D eigenvalue weighted by Crippen LogP contribution is 2.42. The predicted molar refractivity (Wildman–Crippen MR) is 239 cm³/mol. The molecule has 0 aliphatic rings. The molecule has 0 atom stereocenters. The minimum absolute atomic E-state index is 0.00470. The van der Waals surface area contributed by atoms with Crippen molar-refractivity contribution in [2.24, 2.45) is 0 Å². The van der Waals surface area contributed by atoms with E-state index in [1.807, 2.05) is 0 Å². The third-order valence-electron chi connectivity index (χ3n) is 8.77. The minimum Gasteiger partial charge on any atom is -0.478 e. The first-order valence-corrected chi connectivity index (χ1v) is 24.0. The van der Waals surface area contributed by atoms with Gasteiger partial charge in [-0.2, -0.15) is 17.6 Å². The SMILES string of the molecule is CCO[Si](OCC)(OCC)Oc1cc(Oc2c(F)c(F)c(Oc3ccc(NC(=O)c4ccc(N)cc4)c(O[Si](OCC)(OCC)OCC)c3)c(F)c2F)ccc1NC(=O)c1ccc(N)cc1. The Kier molecular flexibility index (Phi) is 17.9. The molecule has 5 aromatic carbocycles. The standard InChI is InChI=1S/C44H50F4N4O12Si2/c1-7-55-65(56-8-2,57-9-3)63-35-25-31(21-23-33(35)51-43(53)27-13-17-29(49)18-14-27)61-41-37(45)39(47)42(40(48)38(41)46)62-32-22-24-34(52-44(54)28-15-19-30(50)20-16-28)36(26-32)64-66(58-10-4,59-11-5)60-12-6/h13-26H,7-12,49-50H2,1-6H3,(H,51,53)(H,52,54). The summed E-state index contributed by atoms with van der Waals surface area (Å²) >= 11 is 0. The fourth-order valence-corrected chi connectivity index (χ4v) is 9.78. The number of ether oxygens (including phenoxy) is 2. The van der Waals surface area contributed by atoms with Crippen LogP contribution in [0.25, 0.3) is 0 Å². The molecule has 22 heteroatoms. The van der Waals surface area contributed by atoms with Gasteiger partial charge in [-0.1, -0.05) is 0 Å². The number of hydrogen-bond acceptors (Lipinski definition) is 14. The summed E-state index contributed by atoms with van der Waals surface area (Å²) in [7, 11) is -8.05. The molecule has 0 fully saturated rings. The van der Waals surface area contributed by atoms with Crippen LogP contribution in [0.5, 0.6) is 34.5 Å². The Morgan fingerprint density at radius 3 is 1.03 bits per heavy atom. The van der Waals surface area contributed by atoms with Crippen LogP contribution in [0.3, 0.4) is 0 Å². The molecule has 0 aromatic heterocycles. The first kappa shape index (κ1) is 50.7. The Bertz CT molecular complexity index is 2230. The monoisotopic (exact) mass is 958 g/mol. The van der Waals surface area contributed by atoms with Crippen molar-refractivity contribution >= 4 is 52.7 Å². The first-order chi connectivity index (χ1) is 31.6. The summed E-state index contributed by atoms with van der Waals surface area (Å²) < 4.78 is 122. The van der Waals surface area contributed by atoms with Crippen LogP contribution < -0.4 is 40.4 Å². The van der Waals surface area contributed by atoms with E-state index in [1.165, 1.54) is 60.7 Å². The fourth-order valence-electron chi connectivity index (χ4n) is 5.93. The van der Waals surface area contributed by atoms with E-state index in [-0.39, 0.29) is 73.6 Å². The molecule has 0 heterocycles. The zero-order valence-corrected chi connectivity index (χ0v) is 38.9. The second kappa shape index (κ2) is 23.3. The van der Waals surface area contributed by atoms with Crippen LogP contribution in [0.1, 0.15) is 62.3 Å². The summed E-state index contributed by atoms with van der Waals surface area (Å²) in [5.74, 6) is -13.3. The number of hydrogen-bond donors (Lipinski definition) is 4.